The summed E-state index contributed by atoms with van der Waals surface area (Å²) in [6.45, 7) is 10.5. The van der Waals surface area contributed by atoms with E-state index >= 15 is 0 Å². The fraction of sp³-hybridized carbons (Fsp3) is 0.545. The van der Waals surface area contributed by atoms with Gasteiger partial charge in [-0.15, -0.1) is 0 Å². The Balaban J connectivity index is 1.83. The monoisotopic (exact) mass is 641 g/mol. The molecule has 0 unspecified atom stereocenters. The van der Waals surface area contributed by atoms with Crippen LogP contribution in [0.15, 0.2) is 47.5 Å². The van der Waals surface area contributed by atoms with Crippen LogP contribution >= 0.6 is 0 Å². The number of benzene rings is 1. The number of hydrogen-bond acceptors (Lipinski definition) is 10. The van der Waals surface area contributed by atoms with E-state index in [1.807, 2.05) is 25.1 Å². The minimum absolute atomic E-state index is 0.0251. The maximum Gasteiger partial charge on any atom is 0.323 e. The first-order chi connectivity index (χ1) is 21.7. The van der Waals surface area contributed by atoms with Gasteiger partial charge in [0.15, 0.2) is 11.9 Å². The number of nitrogens with zero attached hydrogens (tertiary/aromatic N) is 1. The number of H-pyrrole nitrogens is 1. The second-order valence-electron chi connectivity index (χ2n) is 12.3. The Morgan fingerprint density at radius 1 is 1.22 bits per heavy atom. The van der Waals surface area contributed by atoms with Crippen molar-refractivity contribution in [2.24, 2.45) is 16.6 Å². The summed E-state index contributed by atoms with van der Waals surface area (Å²) in [6, 6.07) is 11.3. The first-order valence-electron chi connectivity index (χ1n) is 15.5. The number of aliphatic hydroxyl groups excluding tert-OH is 1. The number of carbonyl (C=O) groups excluding carboxylic acids is 3. The number of aliphatic imine (C=N–C) groups is 1. The van der Waals surface area contributed by atoms with Gasteiger partial charge in [0.05, 0.1) is 17.8 Å². The molecule has 1 aromatic carbocycles. The van der Waals surface area contributed by atoms with E-state index in [1.165, 1.54) is 0 Å². The van der Waals surface area contributed by atoms with Gasteiger partial charge in [-0.1, -0.05) is 57.5 Å². The number of amides is 1. The van der Waals surface area contributed by atoms with Crippen LogP contribution in [0, 0.1) is 11.3 Å². The van der Waals surface area contributed by atoms with E-state index in [2.05, 4.69) is 15.3 Å². The van der Waals surface area contributed by atoms with Crippen molar-refractivity contribution in [1.29, 1.82) is 5.41 Å². The summed E-state index contributed by atoms with van der Waals surface area (Å²) >= 11 is 0. The Morgan fingerprint density at radius 2 is 1.91 bits per heavy atom. The second kappa shape index (κ2) is 16.1. The number of aromatic amines is 1. The largest absolute Gasteiger partial charge is 0.463 e. The van der Waals surface area contributed by atoms with Crippen LogP contribution in [0.1, 0.15) is 71.3 Å². The molecule has 252 valence electrons. The fourth-order valence-corrected chi connectivity index (χ4v) is 4.79. The van der Waals surface area contributed by atoms with Crippen LogP contribution in [0.4, 0.5) is 0 Å². The quantitative estimate of drug-likeness (QED) is 0.0840. The smallest absolute Gasteiger partial charge is 0.323 e. The second-order valence-corrected chi connectivity index (χ2v) is 12.3. The number of nitrogens with one attached hydrogen (secondary N) is 3. The molecule has 0 radical (unpaired) electrons. The van der Waals surface area contributed by atoms with E-state index in [9.17, 15) is 19.5 Å². The lowest BCUT2D eigenvalue weighted by Crippen LogP contribution is -2.47. The van der Waals surface area contributed by atoms with Gasteiger partial charge in [-0.3, -0.25) is 19.8 Å². The number of aromatic nitrogens is 1. The first kappa shape index (κ1) is 36.6. The van der Waals surface area contributed by atoms with Crippen LogP contribution in [-0.4, -0.2) is 83.3 Å². The summed E-state index contributed by atoms with van der Waals surface area (Å²) in [5.41, 5.74) is 4.81. The van der Waals surface area contributed by atoms with Crippen molar-refractivity contribution >= 4 is 30.0 Å². The lowest BCUT2D eigenvalue weighted by molar-refractivity contribution is -0.162. The molecule has 0 saturated carbocycles. The first-order valence-corrected chi connectivity index (χ1v) is 15.5. The topological polar surface area (TPSA) is 198 Å². The number of amidine groups is 1. The van der Waals surface area contributed by atoms with E-state index in [0.29, 0.717) is 18.0 Å². The molecule has 2 heterocycles. The van der Waals surface area contributed by atoms with Crippen LogP contribution in [0.25, 0.3) is 0 Å². The van der Waals surface area contributed by atoms with E-state index in [0.717, 1.165) is 24.7 Å². The SMILES string of the molecule is CCCCOC(C)(C)C(=O)N/C(=N/C=N)c1ccc([C@]2(C)O[C@H](COC(=O)Cc3ccccc3)[C@@H](OC(=O)[C@@H](N)C(C)C)[C@H]2O)[nH]1. The van der Waals surface area contributed by atoms with Gasteiger partial charge in [-0.2, -0.15) is 0 Å². The molecule has 0 aliphatic carbocycles. The highest BCUT2D eigenvalue weighted by Crippen LogP contribution is 2.41. The molecule has 2 aromatic rings. The lowest BCUT2D eigenvalue weighted by atomic mass is 9.93. The van der Waals surface area contributed by atoms with Gasteiger partial charge in [0.1, 0.15) is 42.4 Å². The minimum Gasteiger partial charge on any atom is -0.463 e. The fourth-order valence-electron chi connectivity index (χ4n) is 4.79. The van der Waals surface area contributed by atoms with Gasteiger partial charge < -0.3 is 40.1 Å². The highest BCUT2D eigenvalue weighted by Gasteiger charge is 2.56. The van der Waals surface area contributed by atoms with Crippen LogP contribution in [-0.2, 0) is 45.4 Å². The van der Waals surface area contributed by atoms with Crippen LogP contribution in [0.2, 0.25) is 0 Å². The Kier molecular flexibility index (Phi) is 12.8. The number of nitrogens with two attached hydrogens (primary N) is 1. The zero-order valence-electron chi connectivity index (χ0n) is 27.4. The van der Waals surface area contributed by atoms with E-state index in [1.54, 1.807) is 58.9 Å². The Morgan fingerprint density at radius 3 is 2.54 bits per heavy atom. The molecule has 1 aliphatic rings. The Bertz CT molecular complexity index is 1380. The zero-order chi connectivity index (χ0) is 34.1. The molecule has 13 heteroatoms. The summed E-state index contributed by atoms with van der Waals surface area (Å²) < 4.78 is 23.2. The summed E-state index contributed by atoms with van der Waals surface area (Å²) in [4.78, 5) is 45.7. The predicted octanol–water partition coefficient (Wildman–Crippen LogP) is 2.74. The molecular weight excluding hydrogens is 594 g/mol. The van der Waals surface area contributed by atoms with Crippen molar-refractivity contribution in [3.05, 3.63) is 59.4 Å². The number of rotatable bonds is 15. The van der Waals surface area contributed by atoms with E-state index in [-0.39, 0.29) is 24.8 Å². The average molecular weight is 642 g/mol. The standard InChI is InChI=1S/C33H47N5O8/c1-7-8-16-44-32(4,5)31(42)38-29(36-19-34)22-14-15-24(37-22)33(6)28(40)27(45-30(41)26(35)20(2)3)23(46-33)18-43-25(39)17-21-12-10-9-11-13-21/h9-15,19-20,23,26-28,37,40H,7-8,16-18,35H2,1-6H3,(H2,34,36,38,42)/t23-,26+,27-,28-,33+/m1/s1. The number of carbonyl (C=O) groups is 3. The molecule has 1 aromatic heterocycles. The highest BCUT2D eigenvalue weighted by atomic mass is 16.6. The molecule has 1 amide bonds. The summed E-state index contributed by atoms with van der Waals surface area (Å²) in [5.74, 6) is -1.89. The van der Waals surface area contributed by atoms with Crippen molar-refractivity contribution < 1.29 is 38.4 Å². The molecule has 1 aliphatic heterocycles. The van der Waals surface area contributed by atoms with E-state index in [4.69, 9.17) is 30.1 Å². The number of aliphatic hydroxyl groups is 1. The van der Waals surface area contributed by atoms with Crippen molar-refractivity contribution in [1.82, 2.24) is 10.3 Å². The van der Waals surface area contributed by atoms with Crippen molar-refractivity contribution in [2.45, 2.75) is 96.4 Å². The average Bonchev–Trinajstić information content (AvgIpc) is 3.60. The van der Waals surface area contributed by atoms with E-state index < -0.39 is 53.4 Å². The van der Waals surface area contributed by atoms with Gasteiger partial charge in [-0.25, -0.2) is 4.99 Å². The Labute approximate surface area is 269 Å². The highest BCUT2D eigenvalue weighted by molar-refractivity contribution is 6.10. The van der Waals surface area contributed by atoms with Crippen LogP contribution < -0.4 is 11.1 Å². The van der Waals surface area contributed by atoms with Gasteiger partial charge in [0.25, 0.3) is 5.91 Å². The molecule has 6 N–H and O–H groups in total. The van der Waals surface area contributed by atoms with Gasteiger partial charge in [0, 0.05) is 6.61 Å². The molecule has 1 fully saturated rings. The normalized spacial score (nSPS) is 22.4. The maximum absolute atomic E-state index is 13.1. The van der Waals surface area contributed by atoms with Gasteiger partial charge in [-0.05, 0) is 50.8 Å². The maximum atomic E-state index is 13.1. The number of unbranched alkanes of at least 4 members (excludes halogenated alkanes) is 1. The summed E-state index contributed by atoms with van der Waals surface area (Å²) in [7, 11) is 0. The third-order valence-corrected chi connectivity index (χ3v) is 7.89. The molecule has 1 saturated heterocycles. The molecule has 5 atom stereocenters. The molecule has 46 heavy (non-hydrogen) atoms. The third kappa shape index (κ3) is 9.09. The molecule has 3 rings (SSSR count). The lowest BCUT2D eigenvalue weighted by Gasteiger charge is -2.28. The van der Waals surface area contributed by atoms with Crippen molar-refractivity contribution in [2.75, 3.05) is 13.2 Å². The molecule has 13 nitrogen and oxygen atoms in total. The minimum atomic E-state index is -1.48. The third-order valence-electron chi connectivity index (χ3n) is 7.89. The number of hydrogen-bond donors (Lipinski definition) is 5. The number of esters is 2. The predicted molar refractivity (Wildman–Crippen MR) is 171 cm³/mol. The van der Waals surface area contributed by atoms with Crippen LogP contribution in [0.3, 0.4) is 0 Å². The summed E-state index contributed by atoms with van der Waals surface area (Å²) in [5, 5.41) is 21.8. The van der Waals surface area contributed by atoms with Crippen LogP contribution in [0.5, 0.6) is 0 Å². The molecule has 0 bridgehead atoms. The number of ether oxygens (including phenoxy) is 4. The summed E-state index contributed by atoms with van der Waals surface area (Å²) in [6.07, 6.45) is -1.15. The molecule has 0 spiro atoms. The van der Waals surface area contributed by atoms with Crippen molar-refractivity contribution in [3.63, 3.8) is 0 Å². The Hall–Kier alpha value is -3.91. The van der Waals surface area contributed by atoms with Crippen molar-refractivity contribution in [3.8, 4) is 0 Å². The molecular formula is C33H47N5O8. The van der Waals surface area contributed by atoms with Gasteiger partial charge >= 0.3 is 11.9 Å². The van der Waals surface area contributed by atoms with Gasteiger partial charge in [0.2, 0.25) is 0 Å². The zero-order valence-corrected chi connectivity index (χ0v) is 27.4.